The Bertz CT molecular complexity index is 2090. The van der Waals surface area contributed by atoms with E-state index >= 15 is 4.79 Å². The van der Waals surface area contributed by atoms with Crippen molar-refractivity contribution in [2.24, 2.45) is 17.8 Å². The predicted octanol–water partition coefficient (Wildman–Crippen LogP) is 3.25. The third-order valence-corrected chi connectivity index (χ3v) is 14.7. The van der Waals surface area contributed by atoms with Gasteiger partial charge in [0.1, 0.15) is 41.8 Å². The second kappa shape index (κ2) is 16.8. The van der Waals surface area contributed by atoms with Gasteiger partial charge in [0.05, 0.1) is 50.5 Å². The number of carbonyl (C=O) groups excluding carboxylic acids is 3. The minimum Gasteiger partial charge on any atom is -0.497 e. The van der Waals surface area contributed by atoms with Crippen LogP contribution >= 0.6 is 0 Å². The highest BCUT2D eigenvalue weighted by molar-refractivity contribution is 7.91. The summed E-state index contributed by atoms with van der Waals surface area (Å²) in [5.41, 5.74) is -1.58. The number of methoxy groups -OCH3 is 2. The van der Waals surface area contributed by atoms with Gasteiger partial charge >= 0.3 is 6.09 Å². The molecule has 3 N–H and O–H groups in total. The number of carboxylic acid groups (broad SMARTS) is 1. The normalized spacial score (nSPS) is 29.5. The molecule has 59 heavy (non-hydrogen) atoms. The molecule has 4 fully saturated rings. The van der Waals surface area contributed by atoms with E-state index in [2.05, 4.69) is 15.0 Å². The summed E-state index contributed by atoms with van der Waals surface area (Å²) in [6.45, 7) is 6.26. The summed E-state index contributed by atoms with van der Waals surface area (Å²) in [4.78, 5) is 63.9. The van der Waals surface area contributed by atoms with Crippen LogP contribution in [0.15, 0.2) is 36.5 Å². The van der Waals surface area contributed by atoms with Crippen molar-refractivity contribution in [2.45, 2.75) is 100 Å². The Balaban J connectivity index is 1.25. The molecule has 2 aromatic rings. The second-order valence-corrected chi connectivity index (χ2v) is 19.2. The van der Waals surface area contributed by atoms with Crippen molar-refractivity contribution in [1.29, 1.82) is 0 Å². The minimum atomic E-state index is -4.04. The van der Waals surface area contributed by atoms with Crippen LogP contribution in [0, 0.1) is 17.8 Å². The maximum Gasteiger partial charge on any atom is 0.408 e. The lowest BCUT2D eigenvalue weighted by atomic mass is 9.86. The molecule has 7 rings (SSSR count). The number of sulfonamides is 1. The number of amides is 4. The van der Waals surface area contributed by atoms with Crippen LogP contribution in [0.3, 0.4) is 0 Å². The number of benzene rings is 1. The molecule has 2 aliphatic carbocycles. The average Bonchev–Trinajstić information content (AvgIpc) is 4.05. The van der Waals surface area contributed by atoms with E-state index in [4.69, 9.17) is 23.7 Å². The van der Waals surface area contributed by atoms with E-state index in [9.17, 15) is 27.9 Å². The highest BCUT2D eigenvalue weighted by Gasteiger charge is 2.63. The van der Waals surface area contributed by atoms with Gasteiger partial charge in [-0.2, -0.15) is 0 Å². The van der Waals surface area contributed by atoms with Gasteiger partial charge in [-0.15, -0.1) is 0 Å². The summed E-state index contributed by atoms with van der Waals surface area (Å²) in [5.74, 6) is -1.69. The van der Waals surface area contributed by atoms with Gasteiger partial charge in [-0.1, -0.05) is 26.0 Å². The number of nitrogens with zero attached hydrogens (tertiary/aromatic N) is 3. The number of carbonyl (C=O) groups is 4. The first-order valence-electron chi connectivity index (χ1n) is 20.3. The smallest absolute Gasteiger partial charge is 0.408 e. The van der Waals surface area contributed by atoms with Gasteiger partial charge in [-0.25, -0.2) is 18.2 Å². The van der Waals surface area contributed by atoms with Gasteiger partial charge in [0.15, 0.2) is 0 Å². The summed E-state index contributed by atoms with van der Waals surface area (Å²) < 4.78 is 56.2. The third-order valence-electron chi connectivity index (χ3n) is 12.6. The molecule has 4 amide bonds. The number of hydrogen-bond donors (Lipinski definition) is 3. The Labute approximate surface area is 344 Å². The monoisotopic (exact) mass is 841 g/mol. The zero-order chi connectivity index (χ0) is 42.3. The fourth-order valence-electron chi connectivity index (χ4n) is 8.56. The fourth-order valence-corrected chi connectivity index (χ4v) is 9.87. The number of allylic oxidation sites excluding steroid dienone is 1. The number of aromatic nitrogens is 1. The summed E-state index contributed by atoms with van der Waals surface area (Å²) in [6.07, 6.45) is 6.07. The third kappa shape index (κ3) is 8.53. The van der Waals surface area contributed by atoms with E-state index in [1.165, 1.54) is 16.0 Å². The molecule has 7 atom stereocenters. The highest BCUT2D eigenvalue weighted by atomic mass is 32.2. The number of pyridine rings is 1. The molecule has 4 heterocycles. The van der Waals surface area contributed by atoms with Gasteiger partial charge in [-0.05, 0) is 75.5 Å². The van der Waals surface area contributed by atoms with Crippen LogP contribution in [-0.2, 0) is 33.9 Å². The minimum absolute atomic E-state index is 0.0331. The molecule has 3 aliphatic heterocycles. The van der Waals surface area contributed by atoms with Gasteiger partial charge < -0.3 is 39.0 Å². The number of fused-ring (bicyclic) bond motifs is 3. The van der Waals surface area contributed by atoms with Crippen molar-refractivity contribution >= 4 is 44.6 Å². The molecular weight excluding hydrogens is 787 g/mol. The number of ether oxygens (including phenoxy) is 5. The first kappa shape index (κ1) is 42.4. The molecule has 1 aromatic heterocycles. The van der Waals surface area contributed by atoms with E-state index < -0.39 is 80.2 Å². The lowest BCUT2D eigenvalue weighted by molar-refractivity contribution is -0.149. The number of rotatable bonds is 12. The predicted molar refractivity (Wildman–Crippen MR) is 213 cm³/mol. The lowest BCUT2D eigenvalue weighted by Gasteiger charge is -2.43. The Morgan fingerprint density at radius 1 is 1.12 bits per heavy atom. The van der Waals surface area contributed by atoms with E-state index in [1.54, 1.807) is 39.3 Å². The van der Waals surface area contributed by atoms with E-state index in [0.717, 1.165) is 6.42 Å². The molecule has 2 saturated carbocycles. The largest absolute Gasteiger partial charge is 0.497 e. The molecule has 5 aliphatic rings. The van der Waals surface area contributed by atoms with E-state index in [1.807, 2.05) is 26.0 Å². The van der Waals surface area contributed by atoms with Crippen molar-refractivity contribution in [1.82, 2.24) is 24.8 Å². The van der Waals surface area contributed by atoms with E-state index in [0.29, 0.717) is 54.6 Å². The second-order valence-electron chi connectivity index (χ2n) is 17.0. The first-order valence-corrected chi connectivity index (χ1v) is 21.8. The average molecular weight is 842 g/mol. The van der Waals surface area contributed by atoms with Crippen molar-refractivity contribution in [3.8, 4) is 17.4 Å². The molecule has 18 heteroatoms. The standard InChI is InChI=1S/C41H55N5O12S/c1-24-8-6-7-9-26-19-41(26,38(49)44-59(52,53)40(3)12-13-40)43-35(47)32-18-29(21-45(32)37(48)34(25(2)16-24)46(39(50)51)27-22-56-23-27)58-36-30-11-10-28(55-5)17-31(30)33(20-42-36)57-15-14-54-4/h7,9-11,17,20,24-27,29,32,34H,6,8,12-16,18-19,21-23H2,1-5H3,(H,43,47)(H,44,49)(H,50,51)/t24-,25-,26-,29-,32+,34+,41-/m1/s1. The maximum absolute atomic E-state index is 15.1. The number of hydrogen-bond acceptors (Lipinski definition) is 12. The van der Waals surface area contributed by atoms with Crippen molar-refractivity contribution in [2.75, 3.05) is 47.2 Å². The van der Waals surface area contributed by atoms with Crippen LogP contribution in [-0.4, -0.2) is 134 Å². The molecule has 0 bridgehead atoms. The topological polar surface area (TPSA) is 212 Å². The van der Waals surface area contributed by atoms with E-state index in [-0.39, 0.29) is 51.0 Å². The first-order chi connectivity index (χ1) is 28.1. The van der Waals surface area contributed by atoms with Crippen LogP contribution in [0.25, 0.3) is 10.8 Å². The zero-order valence-corrected chi connectivity index (χ0v) is 35.0. The van der Waals surface area contributed by atoms with Gasteiger partial charge in [0, 0.05) is 30.2 Å². The van der Waals surface area contributed by atoms with Crippen LogP contribution in [0.4, 0.5) is 4.79 Å². The highest BCUT2D eigenvalue weighted by Crippen LogP contribution is 2.48. The fraction of sp³-hybridized carbons (Fsp3) is 0.634. The van der Waals surface area contributed by atoms with Crippen molar-refractivity contribution < 1.29 is 56.4 Å². The summed E-state index contributed by atoms with van der Waals surface area (Å²) in [5, 5.41) is 14.7. The Hall–Kier alpha value is -4.68. The molecule has 0 radical (unpaired) electrons. The quantitative estimate of drug-likeness (QED) is 0.207. The number of nitrogens with one attached hydrogen (secondary N) is 2. The maximum atomic E-state index is 15.1. The SMILES string of the molecule is COCCOc1cnc(O[C@@H]2C[C@H]3C(=O)N[C@]4(C(=O)NS(=O)(=O)C5(C)CC5)C[C@H]4C=CCC[C@@H](C)C[C@@H](C)[C@H](N(C(=O)O)C4COC4)C(=O)N3C2)c2ccc(OC)cc12. The molecular formula is C41H55N5O12S. The molecule has 2 saturated heterocycles. The molecule has 17 nitrogen and oxygen atoms in total. The van der Waals surface area contributed by atoms with Gasteiger partial charge in [-0.3, -0.25) is 24.0 Å². The summed E-state index contributed by atoms with van der Waals surface area (Å²) >= 11 is 0. The Morgan fingerprint density at radius 2 is 1.88 bits per heavy atom. The summed E-state index contributed by atoms with van der Waals surface area (Å²) in [7, 11) is -0.921. The summed E-state index contributed by atoms with van der Waals surface area (Å²) in [6, 6.07) is 2.37. The van der Waals surface area contributed by atoms with Gasteiger partial charge in [0.2, 0.25) is 27.7 Å². The Kier molecular flexibility index (Phi) is 12.1. The molecule has 1 aromatic carbocycles. The molecule has 322 valence electrons. The Morgan fingerprint density at radius 3 is 2.54 bits per heavy atom. The zero-order valence-electron chi connectivity index (χ0n) is 34.2. The molecule has 0 spiro atoms. The molecule has 0 unspecified atom stereocenters. The van der Waals surface area contributed by atoms with Crippen LogP contribution < -0.4 is 24.2 Å². The lowest BCUT2D eigenvalue weighted by Crippen LogP contribution is -2.63. The van der Waals surface area contributed by atoms with Gasteiger partial charge in [0.25, 0.3) is 5.91 Å². The van der Waals surface area contributed by atoms with Crippen LogP contribution in [0.1, 0.15) is 65.7 Å². The van der Waals surface area contributed by atoms with Crippen molar-refractivity contribution in [3.63, 3.8) is 0 Å². The van der Waals surface area contributed by atoms with Crippen LogP contribution in [0.2, 0.25) is 0 Å². The van der Waals surface area contributed by atoms with Crippen molar-refractivity contribution in [3.05, 3.63) is 36.5 Å². The van der Waals surface area contributed by atoms with Crippen LogP contribution in [0.5, 0.6) is 17.4 Å².